The van der Waals surface area contributed by atoms with Crippen molar-refractivity contribution in [3.63, 3.8) is 0 Å². The highest BCUT2D eigenvalue weighted by molar-refractivity contribution is 5.68. The molecule has 1 saturated carbocycles. The number of carbonyl (C=O) groups excluding carboxylic acids is 2. The van der Waals surface area contributed by atoms with Crippen molar-refractivity contribution in [2.45, 2.75) is 76.9 Å². The van der Waals surface area contributed by atoms with E-state index in [0.717, 1.165) is 11.3 Å². The molecule has 0 unspecified atom stereocenters. The van der Waals surface area contributed by atoms with Crippen LogP contribution in [0.4, 0.5) is 35.5 Å². The lowest BCUT2D eigenvalue weighted by molar-refractivity contribution is -0.156. The summed E-state index contributed by atoms with van der Waals surface area (Å²) in [5, 5.41) is 18.2. The lowest BCUT2D eigenvalue weighted by atomic mass is 10.1. The first-order chi connectivity index (χ1) is 14.0. The molecule has 2 fully saturated rings. The van der Waals surface area contributed by atoms with Gasteiger partial charge >= 0.3 is 12.3 Å². The molecule has 0 bridgehead atoms. The Labute approximate surface area is 175 Å². The summed E-state index contributed by atoms with van der Waals surface area (Å²) in [5.41, 5.74) is -0.662. The van der Waals surface area contributed by atoms with Gasteiger partial charge in [-0.15, -0.1) is 0 Å². The fourth-order valence-electron chi connectivity index (χ4n) is 2.80. The first kappa shape index (κ1) is 29.4. The number of hydrogen-bond donors (Lipinski definition) is 2. The second-order valence-corrected chi connectivity index (χ2v) is 8.11. The van der Waals surface area contributed by atoms with E-state index >= 15 is 0 Å². The molecule has 4 atom stereocenters. The number of likely N-dealkylation sites (tertiary alicyclic amines) is 1. The van der Waals surface area contributed by atoms with E-state index in [1.165, 1.54) is 0 Å². The van der Waals surface area contributed by atoms with Crippen molar-refractivity contribution < 1.29 is 55.3 Å². The van der Waals surface area contributed by atoms with Crippen LogP contribution >= 0.6 is 0 Å². The molecule has 0 radical (unpaired) electrons. The molecule has 1 heterocycles. The fraction of sp³-hybridized carbons (Fsp3) is 0.889. The Morgan fingerprint density at radius 3 is 1.71 bits per heavy atom. The van der Waals surface area contributed by atoms with Crippen molar-refractivity contribution >= 4 is 12.4 Å². The Morgan fingerprint density at radius 1 is 0.968 bits per heavy atom. The maximum Gasteiger partial charge on any atom is 0.446 e. The number of halogens is 7. The highest BCUT2D eigenvalue weighted by Gasteiger charge is 2.40. The molecule has 1 aliphatic heterocycles. The van der Waals surface area contributed by atoms with Crippen LogP contribution in [0.2, 0.25) is 0 Å². The average molecular weight is 471 g/mol. The predicted molar refractivity (Wildman–Crippen MR) is 94.8 cm³/mol. The van der Waals surface area contributed by atoms with Crippen LogP contribution in [0, 0.1) is 11.8 Å². The molecule has 13 heteroatoms. The van der Waals surface area contributed by atoms with Crippen LogP contribution in [-0.4, -0.2) is 77.4 Å². The van der Waals surface area contributed by atoms with Gasteiger partial charge in [0.25, 0.3) is 0 Å². The molecule has 1 amide bonds. The molecule has 1 saturated heterocycles. The number of nitrogens with zero attached hydrogens (tertiary/aromatic N) is 1. The normalized spacial score (nSPS) is 26.2. The third-order valence-corrected chi connectivity index (χ3v) is 4.30. The minimum absolute atomic E-state index is 0.0933. The number of alkyl halides is 7. The second-order valence-electron chi connectivity index (χ2n) is 8.11. The van der Waals surface area contributed by atoms with E-state index < -0.39 is 61.1 Å². The van der Waals surface area contributed by atoms with Gasteiger partial charge in [0.2, 0.25) is 19.1 Å². The largest absolute Gasteiger partial charge is 0.446 e. The van der Waals surface area contributed by atoms with E-state index in [4.69, 9.17) is 14.6 Å². The molecule has 2 N–H and O–H groups in total. The van der Waals surface area contributed by atoms with Crippen LogP contribution in [-0.2, 0) is 9.53 Å². The van der Waals surface area contributed by atoms with Gasteiger partial charge in [-0.2, -0.15) is 13.2 Å². The van der Waals surface area contributed by atoms with Gasteiger partial charge in [-0.1, -0.05) is 6.42 Å². The molecule has 0 spiro atoms. The molecule has 0 aromatic carbocycles. The topological polar surface area (TPSA) is 87.1 Å². The third kappa shape index (κ3) is 12.1. The van der Waals surface area contributed by atoms with Crippen LogP contribution in [0.5, 0.6) is 0 Å². The van der Waals surface area contributed by atoms with Crippen LogP contribution < -0.4 is 0 Å². The van der Waals surface area contributed by atoms with Crippen molar-refractivity contribution in [3.05, 3.63) is 0 Å². The molecule has 31 heavy (non-hydrogen) atoms. The maximum atomic E-state index is 12.4. The van der Waals surface area contributed by atoms with E-state index in [0.29, 0.717) is 12.8 Å². The molecule has 2 rings (SSSR count). The average Bonchev–Trinajstić information content (AvgIpc) is 3.19. The standard InChI is InChI=1S/C10H17F2NO3.C6H10F2O.C2HF3O/c1-10(2,3)16-9(15)13-4-6(8(11)12)7(14)5-13;7-6(8)4-2-1-3-5(4)9;3-2(4,5)1-6/h6-8,14H,4-5H2,1-3H3;4-6,9H,1-3H2;1H/t6-,7-;4-,5-;/m11./s1. The first-order valence-electron chi connectivity index (χ1n) is 9.42. The van der Waals surface area contributed by atoms with Gasteiger partial charge in [-0.05, 0) is 33.6 Å². The summed E-state index contributed by atoms with van der Waals surface area (Å²) in [6, 6.07) is 0. The predicted octanol–water partition coefficient (Wildman–Crippen LogP) is 3.64. The Hall–Kier alpha value is -1.63. The van der Waals surface area contributed by atoms with Crippen molar-refractivity contribution in [3.8, 4) is 0 Å². The van der Waals surface area contributed by atoms with Crippen molar-refractivity contribution in [1.29, 1.82) is 0 Å². The van der Waals surface area contributed by atoms with Crippen molar-refractivity contribution in [2.75, 3.05) is 13.1 Å². The van der Waals surface area contributed by atoms with Crippen LogP contribution in [0.15, 0.2) is 0 Å². The molecule has 0 aromatic heterocycles. The van der Waals surface area contributed by atoms with E-state index in [1.54, 1.807) is 20.8 Å². The smallest absolute Gasteiger partial charge is 0.444 e. The number of β-amino-alcohol motifs (C(OH)–C–C–N with tert-alkyl or cyclic N) is 1. The number of aliphatic hydroxyl groups is 2. The van der Waals surface area contributed by atoms with Gasteiger partial charge in [0.15, 0.2) is 0 Å². The molecule has 1 aliphatic carbocycles. The first-order valence-corrected chi connectivity index (χ1v) is 9.42. The highest BCUT2D eigenvalue weighted by Crippen LogP contribution is 2.30. The molecule has 2 aliphatic rings. The summed E-state index contributed by atoms with van der Waals surface area (Å²) in [6.07, 6.45) is -11.5. The number of aliphatic hydroxyl groups excluding tert-OH is 2. The second kappa shape index (κ2) is 12.4. The zero-order valence-corrected chi connectivity index (χ0v) is 17.3. The summed E-state index contributed by atoms with van der Waals surface area (Å²) >= 11 is 0. The summed E-state index contributed by atoms with van der Waals surface area (Å²) in [6.45, 7) is 4.84. The number of carbonyl (C=O) groups is 2. The molecule has 184 valence electrons. The zero-order valence-electron chi connectivity index (χ0n) is 17.3. The van der Waals surface area contributed by atoms with Crippen molar-refractivity contribution in [2.24, 2.45) is 11.8 Å². The minimum atomic E-state index is -4.64. The van der Waals surface area contributed by atoms with E-state index in [-0.39, 0.29) is 13.1 Å². The Balaban J connectivity index is 0.000000503. The number of aldehydes is 1. The molecular weight excluding hydrogens is 443 g/mol. The number of rotatable bonds is 2. The molecule has 6 nitrogen and oxygen atoms in total. The minimum Gasteiger partial charge on any atom is -0.444 e. The lowest BCUT2D eigenvalue weighted by Gasteiger charge is -2.24. The highest BCUT2D eigenvalue weighted by atomic mass is 19.4. The quantitative estimate of drug-likeness (QED) is 0.475. The molecular formula is C18H28F7NO5. The Kier molecular flexibility index (Phi) is 11.8. The van der Waals surface area contributed by atoms with Gasteiger partial charge in [-0.3, -0.25) is 4.79 Å². The van der Waals surface area contributed by atoms with Gasteiger partial charge in [0.1, 0.15) is 5.60 Å². The van der Waals surface area contributed by atoms with Crippen LogP contribution in [0.3, 0.4) is 0 Å². The zero-order chi connectivity index (χ0) is 24.6. The maximum absolute atomic E-state index is 12.4. The van der Waals surface area contributed by atoms with Crippen LogP contribution in [0.1, 0.15) is 40.0 Å². The number of hydrogen-bond acceptors (Lipinski definition) is 5. The molecule has 0 aromatic rings. The van der Waals surface area contributed by atoms with E-state index in [2.05, 4.69) is 0 Å². The van der Waals surface area contributed by atoms with Gasteiger partial charge < -0.3 is 19.8 Å². The van der Waals surface area contributed by atoms with Gasteiger partial charge in [0.05, 0.1) is 24.7 Å². The summed E-state index contributed by atoms with van der Waals surface area (Å²) in [4.78, 5) is 21.3. The lowest BCUT2D eigenvalue weighted by Crippen LogP contribution is -2.36. The van der Waals surface area contributed by atoms with E-state index in [1.807, 2.05) is 0 Å². The summed E-state index contributed by atoms with van der Waals surface area (Å²) in [7, 11) is 0. The summed E-state index contributed by atoms with van der Waals surface area (Å²) < 4.78 is 84.8. The van der Waals surface area contributed by atoms with Gasteiger partial charge in [-0.25, -0.2) is 22.4 Å². The van der Waals surface area contributed by atoms with Crippen LogP contribution in [0.25, 0.3) is 0 Å². The summed E-state index contributed by atoms with van der Waals surface area (Å²) in [5.74, 6) is -1.92. The van der Waals surface area contributed by atoms with Crippen molar-refractivity contribution in [1.82, 2.24) is 4.90 Å². The fourth-order valence-corrected chi connectivity index (χ4v) is 2.80. The Bertz CT molecular complexity index is 554. The number of amides is 1. The van der Waals surface area contributed by atoms with E-state index in [9.17, 15) is 40.6 Å². The Morgan fingerprint density at radius 2 is 1.45 bits per heavy atom. The van der Waals surface area contributed by atoms with Gasteiger partial charge in [0, 0.05) is 12.5 Å². The number of ether oxygens (including phenoxy) is 1. The third-order valence-electron chi connectivity index (χ3n) is 4.30. The SMILES string of the molecule is CC(C)(C)OC(=O)N1C[C@@H](O)[C@H](C(F)F)C1.O=CC(F)(F)F.O[C@@H]1CCC[C@H]1C(F)F. The monoisotopic (exact) mass is 471 g/mol.